The van der Waals surface area contributed by atoms with E-state index in [1.54, 1.807) is 0 Å². The van der Waals surface area contributed by atoms with E-state index in [1.165, 1.54) is 0 Å². The zero-order valence-corrected chi connectivity index (χ0v) is 7.56. The molecule has 0 radical (unpaired) electrons. The van der Waals surface area contributed by atoms with Gasteiger partial charge in [-0.1, -0.05) is 6.42 Å². The van der Waals surface area contributed by atoms with Crippen molar-refractivity contribution in [2.24, 2.45) is 0 Å². The molecular formula is C8H11N3O3. The molecule has 1 fully saturated rings. The van der Waals surface area contributed by atoms with Gasteiger partial charge in [-0.2, -0.15) is 4.98 Å². The van der Waals surface area contributed by atoms with Crippen molar-refractivity contribution in [2.75, 3.05) is 6.54 Å². The maximum absolute atomic E-state index is 10.5. The van der Waals surface area contributed by atoms with Gasteiger partial charge >= 0.3 is 5.97 Å². The SMILES string of the molecule is O=C(O)c1noc([C@@H]2CCCCN2)n1. The second kappa shape index (κ2) is 3.75. The molecule has 6 nitrogen and oxygen atoms in total. The summed E-state index contributed by atoms with van der Waals surface area (Å²) in [6.07, 6.45) is 3.15. The highest BCUT2D eigenvalue weighted by atomic mass is 16.5. The van der Waals surface area contributed by atoms with Gasteiger partial charge in [0, 0.05) is 0 Å². The van der Waals surface area contributed by atoms with Crippen molar-refractivity contribution < 1.29 is 14.4 Å². The fraction of sp³-hybridized carbons (Fsp3) is 0.625. The molecule has 0 spiro atoms. The van der Waals surface area contributed by atoms with Crippen LogP contribution in [0, 0.1) is 0 Å². The summed E-state index contributed by atoms with van der Waals surface area (Å²) in [4.78, 5) is 14.3. The van der Waals surface area contributed by atoms with E-state index < -0.39 is 5.97 Å². The topological polar surface area (TPSA) is 88.2 Å². The molecule has 0 unspecified atom stereocenters. The fourth-order valence-corrected chi connectivity index (χ4v) is 1.53. The van der Waals surface area contributed by atoms with Gasteiger partial charge in [-0.05, 0) is 24.5 Å². The Morgan fingerprint density at radius 2 is 2.43 bits per heavy atom. The van der Waals surface area contributed by atoms with E-state index in [2.05, 4.69) is 15.5 Å². The highest BCUT2D eigenvalue weighted by molar-refractivity contribution is 5.82. The molecule has 0 saturated carbocycles. The van der Waals surface area contributed by atoms with Crippen LogP contribution in [0.25, 0.3) is 0 Å². The van der Waals surface area contributed by atoms with Gasteiger partial charge in [-0.3, -0.25) is 0 Å². The Balaban J connectivity index is 2.11. The Labute approximate surface area is 80.3 Å². The minimum Gasteiger partial charge on any atom is -0.475 e. The Morgan fingerprint density at radius 1 is 1.57 bits per heavy atom. The van der Waals surface area contributed by atoms with Gasteiger partial charge in [-0.15, -0.1) is 0 Å². The number of piperidine rings is 1. The maximum Gasteiger partial charge on any atom is 0.377 e. The van der Waals surface area contributed by atoms with Crippen molar-refractivity contribution in [3.05, 3.63) is 11.7 Å². The minimum absolute atomic E-state index is 0.0179. The van der Waals surface area contributed by atoms with Crippen LogP contribution in [-0.2, 0) is 0 Å². The number of rotatable bonds is 2. The summed E-state index contributed by atoms with van der Waals surface area (Å²) < 4.78 is 4.86. The Bertz CT molecular complexity index is 330. The van der Waals surface area contributed by atoms with Crippen LogP contribution in [0.1, 0.15) is 41.8 Å². The third-order valence-electron chi connectivity index (χ3n) is 2.24. The molecular weight excluding hydrogens is 186 g/mol. The first-order chi connectivity index (χ1) is 6.77. The normalized spacial score (nSPS) is 22.1. The smallest absolute Gasteiger partial charge is 0.377 e. The van der Waals surface area contributed by atoms with Crippen LogP contribution in [0.3, 0.4) is 0 Å². The van der Waals surface area contributed by atoms with Crippen molar-refractivity contribution in [1.29, 1.82) is 0 Å². The first-order valence-corrected chi connectivity index (χ1v) is 4.57. The van der Waals surface area contributed by atoms with Crippen molar-refractivity contribution in [1.82, 2.24) is 15.5 Å². The number of carbonyl (C=O) groups is 1. The molecule has 2 N–H and O–H groups in total. The van der Waals surface area contributed by atoms with Gasteiger partial charge in [0.25, 0.3) is 5.82 Å². The summed E-state index contributed by atoms with van der Waals surface area (Å²) in [5.41, 5.74) is 0. The number of hydrogen-bond donors (Lipinski definition) is 2. The third kappa shape index (κ3) is 1.74. The van der Waals surface area contributed by atoms with E-state index in [1.807, 2.05) is 0 Å². The Kier molecular flexibility index (Phi) is 2.45. The highest BCUT2D eigenvalue weighted by Crippen LogP contribution is 2.20. The zero-order valence-electron chi connectivity index (χ0n) is 7.56. The van der Waals surface area contributed by atoms with Gasteiger partial charge < -0.3 is 14.9 Å². The minimum atomic E-state index is -1.16. The number of carboxylic acids is 1. The molecule has 76 valence electrons. The second-order valence-electron chi connectivity index (χ2n) is 3.26. The molecule has 0 bridgehead atoms. The highest BCUT2D eigenvalue weighted by Gasteiger charge is 2.22. The van der Waals surface area contributed by atoms with Crippen LogP contribution in [-0.4, -0.2) is 27.8 Å². The molecule has 1 aromatic heterocycles. The summed E-state index contributed by atoms with van der Waals surface area (Å²) in [5.74, 6) is -1.05. The van der Waals surface area contributed by atoms with Gasteiger partial charge in [0.05, 0.1) is 6.04 Å². The summed E-state index contributed by atoms with van der Waals surface area (Å²) in [6.45, 7) is 0.912. The van der Waals surface area contributed by atoms with Crippen LogP contribution in [0.4, 0.5) is 0 Å². The lowest BCUT2D eigenvalue weighted by Crippen LogP contribution is -2.27. The fourth-order valence-electron chi connectivity index (χ4n) is 1.53. The van der Waals surface area contributed by atoms with E-state index in [4.69, 9.17) is 9.63 Å². The lowest BCUT2D eigenvalue weighted by atomic mass is 10.1. The van der Waals surface area contributed by atoms with Crippen LogP contribution in [0.5, 0.6) is 0 Å². The summed E-state index contributed by atoms with van der Waals surface area (Å²) in [5, 5.41) is 15.2. The van der Waals surface area contributed by atoms with Crippen LogP contribution < -0.4 is 5.32 Å². The number of aromatic carboxylic acids is 1. The molecule has 2 rings (SSSR count). The molecule has 14 heavy (non-hydrogen) atoms. The molecule has 1 aliphatic heterocycles. The molecule has 1 saturated heterocycles. The largest absolute Gasteiger partial charge is 0.475 e. The Hall–Kier alpha value is -1.43. The first-order valence-electron chi connectivity index (χ1n) is 4.57. The second-order valence-corrected chi connectivity index (χ2v) is 3.26. The van der Waals surface area contributed by atoms with E-state index >= 15 is 0 Å². The monoisotopic (exact) mass is 197 g/mol. The third-order valence-corrected chi connectivity index (χ3v) is 2.24. The number of hydrogen-bond acceptors (Lipinski definition) is 5. The summed E-state index contributed by atoms with van der Waals surface area (Å²) in [7, 11) is 0. The average Bonchev–Trinajstić information content (AvgIpc) is 2.68. The number of aromatic nitrogens is 2. The number of nitrogens with zero attached hydrogens (tertiary/aromatic N) is 2. The predicted molar refractivity (Wildman–Crippen MR) is 45.9 cm³/mol. The van der Waals surface area contributed by atoms with Crippen LogP contribution >= 0.6 is 0 Å². The number of nitrogens with one attached hydrogen (secondary N) is 1. The van der Waals surface area contributed by atoms with E-state index in [0.29, 0.717) is 5.89 Å². The van der Waals surface area contributed by atoms with Gasteiger partial charge in [-0.25, -0.2) is 4.79 Å². The first kappa shape index (κ1) is 9.14. The molecule has 2 heterocycles. The molecule has 0 amide bonds. The van der Waals surface area contributed by atoms with E-state index in [-0.39, 0.29) is 11.9 Å². The molecule has 1 atom stereocenters. The zero-order chi connectivity index (χ0) is 9.97. The van der Waals surface area contributed by atoms with Crippen molar-refractivity contribution in [2.45, 2.75) is 25.3 Å². The van der Waals surface area contributed by atoms with Gasteiger partial charge in [0.2, 0.25) is 5.89 Å². The van der Waals surface area contributed by atoms with Crippen molar-refractivity contribution in [3.63, 3.8) is 0 Å². The summed E-state index contributed by atoms with van der Waals surface area (Å²) in [6, 6.07) is 0.0179. The van der Waals surface area contributed by atoms with Crippen LogP contribution in [0.15, 0.2) is 4.52 Å². The molecule has 1 aromatic rings. The maximum atomic E-state index is 10.5. The lowest BCUT2D eigenvalue weighted by molar-refractivity contribution is 0.0680. The molecule has 6 heteroatoms. The summed E-state index contributed by atoms with van der Waals surface area (Å²) >= 11 is 0. The quantitative estimate of drug-likeness (QED) is 0.721. The Morgan fingerprint density at radius 3 is 3.00 bits per heavy atom. The molecule has 0 aromatic carbocycles. The predicted octanol–water partition coefficient (Wildman–Crippen LogP) is 0.582. The van der Waals surface area contributed by atoms with Crippen LogP contribution in [0.2, 0.25) is 0 Å². The number of carboxylic acid groups (broad SMARTS) is 1. The lowest BCUT2D eigenvalue weighted by Gasteiger charge is -2.19. The van der Waals surface area contributed by atoms with E-state index in [9.17, 15) is 4.79 Å². The molecule has 0 aliphatic carbocycles. The standard InChI is InChI=1S/C8H11N3O3/c12-8(13)6-10-7(14-11-6)5-3-1-2-4-9-5/h5,9H,1-4H2,(H,12,13)/t5-/m0/s1. The van der Waals surface area contributed by atoms with E-state index in [0.717, 1.165) is 25.8 Å². The van der Waals surface area contributed by atoms with Gasteiger partial charge in [0.1, 0.15) is 0 Å². The molecule has 1 aliphatic rings. The van der Waals surface area contributed by atoms with Crippen molar-refractivity contribution >= 4 is 5.97 Å². The average molecular weight is 197 g/mol. The van der Waals surface area contributed by atoms with Gasteiger partial charge in [0.15, 0.2) is 0 Å². The van der Waals surface area contributed by atoms with Crippen molar-refractivity contribution in [3.8, 4) is 0 Å².